The Morgan fingerprint density at radius 2 is 1.48 bits per heavy atom. The van der Waals surface area contributed by atoms with Gasteiger partial charge in [0.2, 0.25) is 10.0 Å². The molecule has 8 nitrogen and oxygen atoms in total. The SMILES string of the molecule is O=C(O)NCc1cccc(CN(Cc2ccc(Oc3ccc(F)cc3)cc2)S(=O)(=O)c2cc(Cl)cc(Cl)c2O)c1. The largest absolute Gasteiger partial charge is 0.505 e. The number of phenolic OH excluding ortho intramolecular Hbond substituents is 1. The van der Waals surface area contributed by atoms with Gasteiger partial charge in [-0.25, -0.2) is 17.6 Å². The second kappa shape index (κ2) is 12.6. The van der Waals surface area contributed by atoms with Crippen LogP contribution in [0.3, 0.4) is 0 Å². The molecule has 208 valence electrons. The highest BCUT2D eigenvalue weighted by molar-refractivity contribution is 7.89. The second-order valence-corrected chi connectivity index (χ2v) is 11.4. The molecule has 0 heterocycles. The zero-order valence-electron chi connectivity index (χ0n) is 20.7. The summed E-state index contributed by atoms with van der Waals surface area (Å²) < 4.78 is 47.6. The van der Waals surface area contributed by atoms with Crippen molar-refractivity contribution in [2.24, 2.45) is 0 Å². The van der Waals surface area contributed by atoms with E-state index < -0.39 is 26.8 Å². The van der Waals surface area contributed by atoms with Gasteiger partial charge in [-0.2, -0.15) is 4.31 Å². The monoisotopic (exact) mass is 604 g/mol. The van der Waals surface area contributed by atoms with Crippen molar-refractivity contribution in [1.82, 2.24) is 9.62 Å². The smallest absolute Gasteiger partial charge is 0.404 e. The molecular weight excluding hydrogens is 582 g/mol. The van der Waals surface area contributed by atoms with Crippen LogP contribution in [0.4, 0.5) is 9.18 Å². The van der Waals surface area contributed by atoms with Gasteiger partial charge in [0, 0.05) is 24.7 Å². The number of nitrogens with one attached hydrogen (secondary N) is 1. The summed E-state index contributed by atoms with van der Waals surface area (Å²) >= 11 is 12.1. The summed E-state index contributed by atoms with van der Waals surface area (Å²) in [5, 5.41) is 21.5. The van der Waals surface area contributed by atoms with Gasteiger partial charge in [0.25, 0.3) is 0 Å². The van der Waals surface area contributed by atoms with Gasteiger partial charge in [-0.15, -0.1) is 0 Å². The fourth-order valence-electron chi connectivity index (χ4n) is 3.83. The Bertz CT molecular complexity index is 1620. The van der Waals surface area contributed by atoms with Crippen molar-refractivity contribution < 1.29 is 32.6 Å². The van der Waals surface area contributed by atoms with Crippen LogP contribution < -0.4 is 10.1 Å². The Labute approximate surface area is 240 Å². The van der Waals surface area contributed by atoms with E-state index in [2.05, 4.69) is 5.32 Å². The Balaban J connectivity index is 1.64. The van der Waals surface area contributed by atoms with Crippen LogP contribution in [0.5, 0.6) is 17.2 Å². The van der Waals surface area contributed by atoms with Crippen LogP contribution in [0.15, 0.2) is 89.8 Å². The lowest BCUT2D eigenvalue weighted by Gasteiger charge is -2.24. The highest BCUT2D eigenvalue weighted by atomic mass is 35.5. The average Bonchev–Trinajstić information content (AvgIpc) is 2.91. The van der Waals surface area contributed by atoms with Gasteiger partial charge in [0.15, 0.2) is 5.75 Å². The minimum absolute atomic E-state index is 0.0327. The number of amides is 1. The topological polar surface area (TPSA) is 116 Å². The highest BCUT2D eigenvalue weighted by Crippen LogP contribution is 2.36. The van der Waals surface area contributed by atoms with Crippen LogP contribution in [0.1, 0.15) is 16.7 Å². The fourth-order valence-corrected chi connectivity index (χ4v) is 5.99. The number of nitrogens with zero attached hydrogens (tertiary/aromatic N) is 1. The minimum Gasteiger partial charge on any atom is -0.505 e. The summed E-state index contributed by atoms with van der Waals surface area (Å²) in [6, 6.07) is 21.3. The minimum atomic E-state index is -4.34. The van der Waals surface area contributed by atoms with E-state index >= 15 is 0 Å². The number of aromatic hydroxyl groups is 1. The van der Waals surface area contributed by atoms with Crippen molar-refractivity contribution >= 4 is 39.3 Å². The van der Waals surface area contributed by atoms with E-state index in [1.807, 2.05) is 0 Å². The summed E-state index contributed by atoms with van der Waals surface area (Å²) in [5.41, 5.74) is 1.82. The quantitative estimate of drug-likeness (QED) is 0.183. The van der Waals surface area contributed by atoms with Gasteiger partial charge >= 0.3 is 6.09 Å². The molecule has 1 amide bonds. The zero-order valence-corrected chi connectivity index (χ0v) is 23.0. The van der Waals surface area contributed by atoms with Gasteiger partial charge < -0.3 is 20.3 Å². The molecular formula is C28H23Cl2FN2O6S. The lowest BCUT2D eigenvalue weighted by Crippen LogP contribution is -2.30. The van der Waals surface area contributed by atoms with E-state index in [0.717, 1.165) is 10.4 Å². The van der Waals surface area contributed by atoms with Crippen molar-refractivity contribution in [3.63, 3.8) is 0 Å². The predicted molar refractivity (Wildman–Crippen MR) is 149 cm³/mol. The number of ether oxygens (including phenoxy) is 1. The molecule has 0 aromatic heterocycles. The molecule has 4 rings (SSSR count). The molecule has 4 aromatic carbocycles. The first-order valence-electron chi connectivity index (χ1n) is 11.8. The molecule has 0 atom stereocenters. The molecule has 0 aliphatic carbocycles. The third-order valence-corrected chi connectivity index (χ3v) is 8.05. The van der Waals surface area contributed by atoms with Gasteiger partial charge in [-0.05, 0) is 65.2 Å². The van der Waals surface area contributed by atoms with Crippen molar-refractivity contribution in [3.8, 4) is 17.2 Å². The second-order valence-electron chi connectivity index (χ2n) is 8.69. The van der Waals surface area contributed by atoms with Crippen molar-refractivity contribution in [3.05, 3.63) is 117 Å². The molecule has 0 saturated carbocycles. The van der Waals surface area contributed by atoms with Crippen molar-refractivity contribution in [2.45, 2.75) is 24.5 Å². The van der Waals surface area contributed by atoms with E-state index in [0.29, 0.717) is 28.2 Å². The van der Waals surface area contributed by atoms with Crippen molar-refractivity contribution in [2.75, 3.05) is 0 Å². The molecule has 12 heteroatoms. The van der Waals surface area contributed by atoms with Crippen LogP contribution in [-0.2, 0) is 29.7 Å². The van der Waals surface area contributed by atoms with E-state index in [1.54, 1.807) is 48.5 Å². The summed E-state index contributed by atoms with van der Waals surface area (Å²) in [4.78, 5) is 10.4. The highest BCUT2D eigenvalue weighted by Gasteiger charge is 2.29. The first kappa shape index (κ1) is 29.2. The van der Waals surface area contributed by atoms with Gasteiger partial charge in [-0.3, -0.25) is 0 Å². The number of rotatable bonds is 10. The maximum absolute atomic E-state index is 13.8. The van der Waals surface area contributed by atoms with Crippen LogP contribution in [-0.4, -0.2) is 29.0 Å². The normalized spacial score (nSPS) is 11.4. The van der Waals surface area contributed by atoms with Gasteiger partial charge in [0.1, 0.15) is 22.2 Å². The van der Waals surface area contributed by atoms with Crippen LogP contribution >= 0.6 is 23.2 Å². The standard InChI is InChI=1S/C28H23Cl2FN2O6S/c29-21-13-25(30)27(34)26(14-21)40(37,38)33(17-20-3-1-2-19(12-20)15-32-28(35)36)16-18-4-8-23(9-5-18)39-24-10-6-22(31)7-11-24/h1-14,32,34H,15-17H2,(H,35,36). The lowest BCUT2D eigenvalue weighted by molar-refractivity contribution is 0.194. The Kier molecular flexibility index (Phi) is 9.16. The number of halogens is 3. The van der Waals surface area contributed by atoms with Crippen molar-refractivity contribution in [1.29, 1.82) is 0 Å². The first-order valence-corrected chi connectivity index (χ1v) is 14.0. The van der Waals surface area contributed by atoms with E-state index in [-0.39, 0.29) is 35.5 Å². The zero-order chi connectivity index (χ0) is 28.9. The summed E-state index contributed by atoms with van der Waals surface area (Å²) in [5.74, 6) is -0.121. The summed E-state index contributed by atoms with van der Waals surface area (Å²) in [6.45, 7) is -0.170. The molecule has 0 fully saturated rings. The van der Waals surface area contributed by atoms with Crippen LogP contribution in [0.2, 0.25) is 10.0 Å². The molecule has 4 aromatic rings. The number of sulfonamides is 1. The Morgan fingerprint density at radius 3 is 2.12 bits per heavy atom. The van der Waals surface area contributed by atoms with E-state index in [1.165, 1.54) is 30.3 Å². The maximum Gasteiger partial charge on any atom is 0.404 e. The first-order chi connectivity index (χ1) is 19.0. The Hall–Kier alpha value is -3.83. The average molecular weight is 605 g/mol. The molecule has 0 unspecified atom stereocenters. The number of benzene rings is 4. The molecule has 0 saturated heterocycles. The van der Waals surface area contributed by atoms with Crippen LogP contribution in [0, 0.1) is 5.82 Å². The molecule has 0 aliphatic rings. The van der Waals surface area contributed by atoms with E-state index in [9.17, 15) is 22.7 Å². The number of carbonyl (C=O) groups is 1. The third kappa shape index (κ3) is 7.42. The Morgan fingerprint density at radius 1 is 0.875 bits per heavy atom. The number of hydrogen-bond acceptors (Lipinski definition) is 5. The molecule has 0 bridgehead atoms. The van der Waals surface area contributed by atoms with E-state index in [4.69, 9.17) is 33.0 Å². The molecule has 0 aliphatic heterocycles. The molecule has 40 heavy (non-hydrogen) atoms. The molecule has 0 spiro atoms. The van der Waals surface area contributed by atoms with Gasteiger partial charge in [0.05, 0.1) is 5.02 Å². The maximum atomic E-state index is 13.8. The third-order valence-electron chi connectivity index (χ3n) is 5.74. The number of phenols is 1. The predicted octanol–water partition coefficient (Wildman–Crippen LogP) is 6.79. The molecule has 3 N–H and O–H groups in total. The summed E-state index contributed by atoms with van der Waals surface area (Å²) in [6.07, 6.45) is -1.19. The van der Waals surface area contributed by atoms with Gasteiger partial charge in [-0.1, -0.05) is 59.6 Å². The fraction of sp³-hybridized carbons (Fsp3) is 0.107. The number of carboxylic acid groups (broad SMARTS) is 1. The lowest BCUT2D eigenvalue weighted by atomic mass is 10.1. The van der Waals surface area contributed by atoms with Crippen LogP contribution in [0.25, 0.3) is 0 Å². The summed E-state index contributed by atoms with van der Waals surface area (Å²) in [7, 11) is -4.34. The molecule has 0 radical (unpaired) electrons. The number of hydrogen-bond donors (Lipinski definition) is 3.